The summed E-state index contributed by atoms with van der Waals surface area (Å²) in [5.41, 5.74) is 7.03. The molecular formula is C25H34NOP. The summed E-state index contributed by atoms with van der Waals surface area (Å²) in [6, 6.07) is 9.10. The maximum Gasteiger partial charge on any atom is 0.0988 e. The smallest absolute Gasteiger partial charge is 0.0988 e. The summed E-state index contributed by atoms with van der Waals surface area (Å²) < 4.78 is 5.55. The van der Waals surface area contributed by atoms with Crippen molar-refractivity contribution in [1.82, 2.24) is 0 Å². The lowest BCUT2D eigenvalue weighted by Crippen LogP contribution is -2.30. The Bertz CT molecular complexity index is 855. The molecule has 0 fully saturated rings. The maximum absolute atomic E-state index is 5.55. The predicted molar refractivity (Wildman–Crippen MR) is 125 cm³/mol. The molecule has 2 unspecified atom stereocenters. The monoisotopic (exact) mass is 395 g/mol. The number of allylic oxidation sites excluding steroid dienone is 8. The molecule has 3 heteroatoms. The van der Waals surface area contributed by atoms with Crippen LogP contribution in [0.25, 0.3) is 0 Å². The minimum atomic E-state index is 0.172. The van der Waals surface area contributed by atoms with Crippen LogP contribution in [0.2, 0.25) is 0 Å². The van der Waals surface area contributed by atoms with Crippen molar-refractivity contribution >= 4 is 19.6 Å². The van der Waals surface area contributed by atoms with Crippen molar-refractivity contribution in [2.75, 3.05) is 18.7 Å². The van der Waals surface area contributed by atoms with Crippen LogP contribution in [0, 0.1) is 11.3 Å². The van der Waals surface area contributed by atoms with Crippen molar-refractivity contribution in [3.63, 3.8) is 0 Å². The normalized spacial score (nSPS) is 22.1. The number of ether oxygens (including phenoxy) is 1. The van der Waals surface area contributed by atoms with Crippen LogP contribution in [-0.2, 0) is 4.74 Å². The van der Waals surface area contributed by atoms with E-state index in [1.807, 2.05) is 0 Å². The fourth-order valence-electron chi connectivity index (χ4n) is 4.23. The van der Waals surface area contributed by atoms with Crippen molar-refractivity contribution in [3.05, 3.63) is 70.8 Å². The van der Waals surface area contributed by atoms with E-state index in [1.54, 1.807) is 7.11 Å². The largest absolute Gasteiger partial charge is 0.501 e. The first-order valence-corrected chi connectivity index (χ1v) is 11.7. The minimum absolute atomic E-state index is 0.172. The third-order valence-corrected chi connectivity index (χ3v) is 7.19. The van der Waals surface area contributed by atoms with Gasteiger partial charge in [0.1, 0.15) is 0 Å². The number of benzene rings is 1. The summed E-state index contributed by atoms with van der Waals surface area (Å²) in [5.74, 6) is 1.45. The van der Waals surface area contributed by atoms with Crippen LogP contribution in [0.1, 0.15) is 47.5 Å². The summed E-state index contributed by atoms with van der Waals surface area (Å²) in [5, 5.41) is 1.40. The van der Waals surface area contributed by atoms with Crippen LogP contribution >= 0.6 is 8.58 Å². The molecular weight excluding hydrogens is 361 g/mol. The van der Waals surface area contributed by atoms with E-state index in [0.717, 1.165) is 27.2 Å². The number of nitrogens with zero attached hydrogens (tertiary/aromatic N) is 1. The van der Waals surface area contributed by atoms with E-state index >= 15 is 0 Å². The zero-order valence-corrected chi connectivity index (χ0v) is 19.4. The number of rotatable bonds is 5. The molecule has 3 rings (SSSR count). The van der Waals surface area contributed by atoms with E-state index in [-0.39, 0.29) is 5.41 Å². The van der Waals surface area contributed by atoms with Gasteiger partial charge in [0, 0.05) is 23.0 Å². The SMILES string of the molecule is COC1=CC=C(N(C2=CC(C)=C(C)C(C)(C)C2)c2ccc(PC)cc2)CC1C. The number of methoxy groups -OCH3 is 1. The standard InChI is InChI=1S/C25H34NOP/c1-17-14-22(16-25(4,5)19(17)3)26(20-8-11-23(28-7)12-9-20)21-10-13-24(27-6)18(2)15-21/h8-14,18,28H,15-16H2,1-7H3. The van der Waals surface area contributed by atoms with Gasteiger partial charge in [0.15, 0.2) is 0 Å². The summed E-state index contributed by atoms with van der Waals surface area (Å²) in [4.78, 5) is 2.49. The lowest BCUT2D eigenvalue weighted by molar-refractivity contribution is 0.244. The summed E-state index contributed by atoms with van der Waals surface area (Å²) in [6.07, 6.45) is 8.79. The van der Waals surface area contributed by atoms with E-state index in [4.69, 9.17) is 4.74 Å². The molecule has 150 valence electrons. The molecule has 2 aliphatic carbocycles. The van der Waals surface area contributed by atoms with Crippen molar-refractivity contribution in [1.29, 1.82) is 0 Å². The Morgan fingerprint density at radius 2 is 1.75 bits per heavy atom. The topological polar surface area (TPSA) is 12.5 Å². The quantitative estimate of drug-likeness (QED) is 0.526. The molecule has 0 saturated heterocycles. The van der Waals surface area contributed by atoms with Gasteiger partial charge in [0.2, 0.25) is 0 Å². The third-order valence-electron chi connectivity index (χ3n) is 6.28. The fourth-order valence-corrected chi connectivity index (χ4v) is 4.73. The molecule has 0 amide bonds. The average molecular weight is 396 g/mol. The Kier molecular flexibility index (Phi) is 6.20. The summed E-state index contributed by atoms with van der Waals surface area (Å²) >= 11 is 0. The van der Waals surface area contributed by atoms with Crippen molar-refractivity contribution in [3.8, 4) is 0 Å². The Morgan fingerprint density at radius 3 is 2.29 bits per heavy atom. The molecule has 0 heterocycles. The number of hydrogen-bond donors (Lipinski definition) is 0. The Hall–Kier alpha value is -1.79. The summed E-state index contributed by atoms with van der Waals surface area (Å²) in [6.45, 7) is 13.7. The molecule has 0 aromatic heterocycles. The van der Waals surface area contributed by atoms with Gasteiger partial charge in [-0.2, -0.15) is 0 Å². The zero-order valence-electron chi connectivity index (χ0n) is 18.4. The van der Waals surface area contributed by atoms with Gasteiger partial charge in [0.05, 0.1) is 12.9 Å². The second-order valence-electron chi connectivity index (χ2n) is 8.67. The highest BCUT2D eigenvalue weighted by Crippen LogP contribution is 2.44. The van der Waals surface area contributed by atoms with E-state index in [0.29, 0.717) is 5.92 Å². The predicted octanol–water partition coefficient (Wildman–Crippen LogP) is 6.53. The second-order valence-corrected chi connectivity index (χ2v) is 9.75. The first kappa shape index (κ1) is 20.9. The molecule has 1 aromatic carbocycles. The van der Waals surface area contributed by atoms with Crippen molar-refractivity contribution in [2.24, 2.45) is 11.3 Å². The molecule has 0 spiro atoms. The highest BCUT2D eigenvalue weighted by molar-refractivity contribution is 7.46. The molecule has 2 nitrogen and oxygen atoms in total. The van der Waals surface area contributed by atoms with Gasteiger partial charge in [-0.3, -0.25) is 0 Å². The molecule has 0 bridgehead atoms. The fraction of sp³-hybridized carbons (Fsp3) is 0.440. The third kappa shape index (κ3) is 4.13. The van der Waals surface area contributed by atoms with Crippen LogP contribution in [0.4, 0.5) is 5.69 Å². The van der Waals surface area contributed by atoms with Crippen LogP contribution in [0.15, 0.2) is 70.8 Å². The maximum atomic E-state index is 5.55. The lowest BCUT2D eigenvalue weighted by Gasteiger charge is -2.40. The van der Waals surface area contributed by atoms with Crippen LogP contribution in [-0.4, -0.2) is 13.8 Å². The van der Waals surface area contributed by atoms with Crippen molar-refractivity contribution in [2.45, 2.75) is 47.5 Å². The van der Waals surface area contributed by atoms with Gasteiger partial charge in [-0.1, -0.05) is 47.1 Å². The molecule has 2 aliphatic rings. The van der Waals surface area contributed by atoms with Crippen LogP contribution in [0.5, 0.6) is 0 Å². The van der Waals surface area contributed by atoms with E-state index in [1.165, 1.54) is 33.5 Å². The van der Waals surface area contributed by atoms with Gasteiger partial charge < -0.3 is 9.64 Å². The second kappa shape index (κ2) is 8.29. The lowest BCUT2D eigenvalue weighted by atomic mass is 9.75. The van der Waals surface area contributed by atoms with Gasteiger partial charge in [-0.15, -0.1) is 0 Å². The van der Waals surface area contributed by atoms with Gasteiger partial charge in [-0.25, -0.2) is 0 Å². The molecule has 0 radical (unpaired) electrons. The van der Waals surface area contributed by atoms with E-state index in [2.05, 4.69) is 88.7 Å². The first-order valence-electron chi connectivity index (χ1n) is 10.2. The molecule has 0 saturated carbocycles. The molecule has 0 N–H and O–H groups in total. The Labute approximate surface area is 172 Å². The van der Waals surface area contributed by atoms with Gasteiger partial charge in [-0.05, 0) is 80.0 Å². The highest BCUT2D eigenvalue weighted by Gasteiger charge is 2.31. The highest BCUT2D eigenvalue weighted by atomic mass is 31.1. The Balaban J connectivity index is 2.09. The molecule has 1 aromatic rings. The van der Waals surface area contributed by atoms with Crippen LogP contribution < -0.4 is 10.2 Å². The van der Waals surface area contributed by atoms with Crippen LogP contribution in [0.3, 0.4) is 0 Å². The van der Waals surface area contributed by atoms with E-state index in [9.17, 15) is 0 Å². The number of hydrogen-bond acceptors (Lipinski definition) is 2. The summed E-state index contributed by atoms with van der Waals surface area (Å²) in [7, 11) is 2.60. The van der Waals surface area contributed by atoms with E-state index < -0.39 is 0 Å². The van der Waals surface area contributed by atoms with Gasteiger partial charge in [0.25, 0.3) is 0 Å². The van der Waals surface area contributed by atoms with Crippen molar-refractivity contribution < 1.29 is 4.74 Å². The molecule has 2 atom stereocenters. The minimum Gasteiger partial charge on any atom is -0.501 e. The Morgan fingerprint density at radius 1 is 1.07 bits per heavy atom. The number of anilines is 1. The molecule has 28 heavy (non-hydrogen) atoms. The van der Waals surface area contributed by atoms with Gasteiger partial charge >= 0.3 is 0 Å². The first-order chi connectivity index (χ1) is 13.3. The molecule has 0 aliphatic heterocycles. The zero-order chi connectivity index (χ0) is 20.5. The average Bonchev–Trinajstić information content (AvgIpc) is 2.67.